The summed E-state index contributed by atoms with van der Waals surface area (Å²) in [4.78, 5) is 14.2. The number of ether oxygens (including phenoxy) is 1. The largest absolute Gasteiger partial charge is 0.444 e. The summed E-state index contributed by atoms with van der Waals surface area (Å²) < 4.78 is 33.5. The molecule has 0 bridgehead atoms. The van der Waals surface area contributed by atoms with Crippen molar-refractivity contribution >= 4 is 6.09 Å². The minimum absolute atomic E-state index is 0.000505. The van der Waals surface area contributed by atoms with Crippen molar-refractivity contribution in [2.75, 3.05) is 20.2 Å². The lowest BCUT2D eigenvalue weighted by Crippen LogP contribution is -2.51. The lowest BCUT2D eigenvalue weighted by molar-refractivity contribution is 0.00122. The maximum absolute atomic E-state index is 14.0. The second kappa shape index (κ2) is 13.0. The topological polar surface area (TPSA) is 82.0 Å². The van der Waals surface area contributed by atoms with Gasteiger partial charge in [-0.25, -0.2) is 13.6 Å². The van der Waals surface area contributed by atoms with Crippen molar-refractivity contribution in [2.24, 2.45) is 11.3 Å². The zero-order valence-corrected chi connectivity index (χ0v) is 24.9. The van der Waals surface area contributed by atoms with E-state index in [0.29, 0.717) is 5.56 Å². The highest BCUT2D eigenvalue weighted by molar-refractivity contribution is 5.68. The molecule has 0 heterocycles. The van der Waals surface area contributed by atoms with Crippen LogP contribution in [0.4, 0.5) is 13.6 Å². The summed E-state index contributed by atoms with van der Waals surface area (Å²) in [7, 11) is 1.52. The van der Waals surface area contributed by atoms with Gasteiger partial charge in [0.05, 0.1) is 12.1 Å². The summed E-state index contributed by atoms with van der Waals surface area (Å²) in [6.45, 7) is 11.9. The first-order chi connectivity index (χ1) is 18.6. The molecule has 8 heteroatoms. The lowest BCUT2D eigenvalue weighted by Gasteiger charge is -2.37. The predicted octanol–water partition coefficient (Wildman–Crippen LogP) is 5.58. The number of nitrogens with zero attached hydrogens (tertiary/aromatic N) is 1. The van der Waals surface area contributed by atoms with E-state index in [0.717, 1.165) is 30.9 Å². The first-order valence-corrected chi connectivity index (χ1v) is 14.1. The highest BCUT2D eigenvalue weighted by atomic mass is 19.1. The fraction of sp³-hybridized carbons (Fsp3) is 0.594. The first-order valence-electron chi connectivity index (χ1n) is 14.1. The molecular formula is C32H46F2N2O4. The molecule has 0 radical (unpaired) electrons. The molecule has 0 saturated heterocycles. The van der Waals surface area contributed by atoms with Gasteiger partial charge in [0.15, 0.2) is 0 Å². The van der Waals surface area contributed by atoms with Crippen molar-refractivity contribution in [3.63, 3.8) is 0 Å². The maximum atomic E-state index is 14.0. The number of amides is 1. The standard InChI is InChI=1S/C32H46F2N2O4/c1-31(2,3)17-20-8-9-22-10-11-23(19-37)29(26(22)14-20)35-18-28(38)27(36(7)30(39)40-32(4,5)6)15-21-12-24(33)16-25(34)13-21/h8-9,12-14,16,23,27-29,35,37-38H,10-11,15,17-19H2,1-7H3/t23?,27-,28+,29-/m0/s1. The van der Waals surface area contributed by atoms with E-state index >= 15 is 0 Å². The molecule has 1 aliphatic carbocycles. The number of nitrogens with one attached hydrogen (secondary N) is 1. The van der Waals surface area contributed by atoms with Crippen molar-refractivity contribution in [3.8, 4) is 0 Å². The number of likely N-dealkylation sites (N-methyl/N-ethyl adjacent to an activating group) is 1. The van der Waals surface area contributed by atoms with Gasteiger partial charge in [-0.05, 0) is 86.3 Å². The highest BCUT2D eigenvalue weighted by Crippen LogP contribution is 2.36. The number of halogens is 2. The molecule has 3 rings (SSSR count). The summed E-state index contributed by atoms with van der Waals surface area (Å²) in [6, 6.07) is 8.70. The number of benzene rings is 2. The Morgan fingerprint density at radius 3 is 2.30 bits per heavy atom. The molecule has 2 aromatic carbocycles. The monoisotopic (exact) mass is 560 g/mol. The van der Waals surface area contributed by atoms with Gasteiger partial charge in [0.1, 0.15) is 17.2 Å². The molecule has 4 atom stereocenters. The lowest BCUT2D eigenvalue weighted by atomic mass is 9.78. The van der Waals surface area contributed by atoms with Crippen LogP contribution in [0.1, 0.15) is 76.3 Å². The van der Waals surface area contributed by atoms with Crippen LogP contribution >= 0.6 is 0 Å². The Hall–Kier alpha value is -2.55. The van der Waals surface area contributed by atoms with Crippen molar-refractivity contribution < 1.29 is 28.5 Å². The van der Waals surface area contributed by atoms with Crippen LogP contribution < -0.4 is 5.32 Å². The van der Waals surface area contributed by atoms with Crippen LogP contribution in [0.15, 0.2) is 36.4 Å². The zero-order valence-electron chi connectivity index (χ0n) is 24.9. The number of carbonyl (C=O) groups excluding carboxylic acids is 1. The van der Waals surface area contributed by atoms with Crippen LogP contribution in [0.25, 0.3) is 0 Å². The van der Waals surface area contributed by atoms with E-state index in [2.05, 4.69) is 44.3 Å². The van der Waals surface area contributed by atoms with Crippen LogP contribution in [0, 0.1) is 23.0 Å². The number of fused-ring (bicyclic) bond motifs is 1. The minimum Gasteiger partial charge on any atom is -0.444 e. The van der Waals surface area contributed by atoms with E-state index in [9.17, 15) is 23.8 Å². The van der Waals surface area contributed by atoms with E-state index < -0.39 is 35.5 Å². The third-order valence-corrected chi connectivity index (χ3v) is 7.31. The average Bonchev–Trinajstić information content (AvgIpc) is 2.82. The van der Waals surface area contributed by atoms with E-state index in [1.807, 2.05) is 0 Å². The van der Waals surface area contributed by atoms with E-state index in [1.165, 1.54) is 35.2 Å². The Kier molecular flexibility index (Phi) is 10.4. The molecule has 40 heavy (non-hydrogen) atoms. The molecular weight excluding hydrogens is 514 g/mol. The molecule has 2 aromatic rings. The molecule has 0 spiro atoms. The van der Waals surface area contributed by atoms with Gasteiger partial charge in [-0.1, -0.05) is 39.0 Å². The Labute approximate surface area is 237 Å². The highest BCUT2D eigenvalue weighted by Gasteiger charge is 2.34. The van der Waals surface area contributed by atoms with Gasteiger partial charge in [0.25, 0.3) is 0 Å². The Balaban J connectivity index is 1.86. The summed E-state index contributed by atoms with van der Waals surface area (Å²) >= 11 is 0. The van der Waals surface area contributed by atoms with E-state index in [4.69, 9.17) is 4.74 Å². The third kappa shape index (κ3) is 8.98. The van der Waals surface area contributed by atoms with E-state index in [-0.39, 0.29) is 36.9 Å². The van der Waals surface area contributed by atoms with E-state index in [1.54, 1.807) is 20.8 Å². The molecule has 0 aromatic heterocycles. The van der Waals surface area contributed by atoms with Gasteiger partial charge in [-0.2, -0.15) is 0 Å². The maximum Gasteiger partial charge on any atom is 0.410 e. The summed E-state index contributed by atoms with van der Waals surface area (Å²) in [5.41, 5.74) is 3.23. The Bertz CT molecular complexity index is 1140. The predicted molar refractivity (Wildman–Crippen MR) is 153 cm³/mol. The number of aryl methyl sites for hydroxylation is 1. The molecule has 0 aliphatic heterocycles. The van der Waals surface area contributed by atoms with Gasteiger partial charge >= 0.3 is 6.09 Å². The molecule has 6 nitrogen and oxygen atoms in total. The van der Waals surface area contributed by atoms with Gasteiger partial charge < -0.3 is 25.2 Å². The van der Waals surface area contributed by atoms with Crippen molar-refractivity contribution in [1.82, 2.24) is 10.2 Å². The van der Waals surface area contributed by atoms with Gasteiger partial charge in [0, 0.05) is 38.2 Å². The molecule has 1 aliphatic rings. The number of rotatable bonds is 9. The molecule has 1 amide bonds. The fourth-order valence-corrected chi connectivity index (χ4v) is 5.47. The molecule has 3 N–H and O–H groups in total. The molecule has 1 unspecified atom stereocenters. The number of hydrogen-bond donors (Lipinski definition) is 3. The minimum atomic E-state index is -1.09. The van der Waals surface area contributed by atoms with Gasteiger partial charge in [-0.3, -0.25) is 0 Å². The first kappa shape index (κ1) is 32.0. The van der Waals surface area contributed by atoms with Crippen LogP contribution in [0.3, 0.4) is 0 Å². The number of hydrogen-bond acceptors (Lipinski definition) is 5. The van der Waals surface area contributed by atoms with Crippen LogP contribution in [0.2, 0.25) is 0 Å². The van der Waals surface area contributed by atoms with Crippen molar-refractivity contribution in [1.29, 1.82) is 0 Å². The normalized spacial score (nSPS) is 19.1. The third-order valence-electron chi connectivity index (χ3n) is 7.31. The average molecular weight is 561 g/mol. The van der Waals surface area contributed by atoms with Gasteiger partial charge in [0.2, 0.25) is 0 Å². The number of aliphatic hydroxyl groups excluding tert-OH is 2. The van der Waals surface area contributed by atoms with Crippen LogP contribution in [0.5, 0.6) is 0 Å². The summed E-state index contributed by atoms with van der Waals surface area (Å²) in [6.07, 6.45) is 0.870. The van der Waals surface area contributed by atoms with Crippen molar-refractivity contribution in [3.05, 3.63) is 70.3 Å². The Morgan fingerprint density at radius 2 is 1.73 bits per heavy atom. The second-order valence-corrected chi connectivity index (χ2v) is 13.3. The molecule has 222 valence electrons. The molecule has 0 fully saturated rings. The van der Waals surface area contributed by atoms with Crippen LogP contribution in [-0.2, 0) is 24.0 Å². The second-order valence-electron chi connectivity index (χ2n) is 13.3. The van der Waals surface area contributed by atoms with Gasteiger partial charge in [-0.15, -0.1) is 0 Å². The summed E-state index contributed by atoms with van der Waals surface area (Å²) in [5, 5.41) is 25.1. The SMILES string of the molecule is CN(C(=O)OC(C)(C)C)[C@@H](Cc1cc(F)cc(F)c1)[C@H](O)CN[C@@H]1c2cc(CC(C)(C)C)ccc2CCC1CO. The van der Waals surface area contributed by atoms with Crippen molar-refractivity contribution in [2.45, 2.75) is 91.0 Å². The quantitative estimate of drug-likeness (QED) is 0.373. The molecule has 0 saturated carbocycles. The fourth-order valence-electron chi connectivity index (χ4n) is 5.47. The zero-order chi connectivity index (χ0) is 29.8. The summed E-state index contributed by atoms with van der Waals surface area (Å²) in [5.74, 6) is -1.49. The van der Waals surface area contributed by atoms with Crippen LogP contribution in [-0.4, -0.2) is 59.2 Å². The number of aliphatic hydroxyl groups is 2. The Morgan fingerprint density at radius 1 is 1.07 bits per heavy atom. The smallest absolute Gasteiger partial charge is 0.410 e. The number of carbonyl (C=O) groups is 1.